The van der Waals surface area contributed by atoms with Crippen LogP contribution >= 0.6 is 0 Å². The Morgan fingerprint density at radius 3 is 1.84 bits per heavy atom. The van der Waals surface area contributed by atoms with Crippen LogP contribution in [0.5, 0.6) is 0 Å². The van der Waals surface area contributed by atoms with Crippen LogP contribution in [-0.2, 0) is 6.54 Å². The molecule has 3 nitrogen and oxygen atoms in total. The maximum atomic E-state index is 8.35. The topological polar surface area (TPSA) is 48.8 Å². The molecule has 0 aliphatic carbocycles. The van der Waals surface area contributed by atoms with Crippen molar-refractivity contribution in [3.8, 4) is 0 Å². The van der Waals surface area contributed by atoms with Gasteiger partial charge in [-0.1, -0.05) is 76.1 Å². The fourth-order valence-electron chi connectivity index (χ4n) is 3.23. The molecule has 0 saturated heterocycles. The molecule has 0 heterocycles. The van der Waals surface area contributed by atoms with Gasteiger partial charge in [-0.25, -0.2) is 0 Å². The summed E-state index contributed by atoms with van der Waals surface area (Å²) in [5.41, 5.74) is 9.43. The Bertz CT molecular complexity index is 446. The molecule has 0 unspecified atom stereocenters. The minimum Gasteiger partial charge on any atom is -0.0893 e. The van der Waals surface area contributed by atoms with Crippen LogP contribution in [0.2, 0.25) is 10.1 Å². The van der Waals surface area contributed by atoms with E-state index in [2.05, 4.69) is 75.8 Å². The molecule has 0 saturated carbocycles. The summed E-state index contributed by atoms with van der Waals surface area (Å²) >= 11 is 0. The minimum atomic E-state index is -1.12. The Labute approximate surface area is 118 Å². The Morgan fingerprint density at radius 2 is 1.47 bits per heavy atom. The highest BCUT2D eigenvalue weighted by Gasteiger charge is 2.37. The molecular weight excluding hydrogens is 250 g/mol. The SMILES string of the molecule is CC(C)(C)[SiH](c1ccc(CN=[N+]=[N-])cc1)C(C)(C)C. The van der Waals surface area contributed by atoms with Crippen molar-refractivity contribution in [1.82, 2.24) is 0 Å². The second-order valence-electron chi connectivity index (χ2n) is 7.30. The molecule has 4 heteroatoms. The van der Waals surface area contributed by atoms with Crippen molar-refractivity contribution in [3.63, 3.8) is 0 Å². The van der Waals surface area contributed by atoms with Crippen molar-refractivity contribution in [3.05, 3.63) is 40.3 Å². The highest BCUT2D eigenvalue weighted by atomic mass is 28.3. The Balaban J connectivity index is 3.08. The van der Waals surface area contributed by atoms with Crippen molar-refractivity contribution in [2.75, 3.05) is 0 Å². The molecule has 1 aromatic rings. The van der Waals surface area contributed by atoms with Gasteiger partial charge in [-0.2, -0.15) is 0 Å². The van der Waals surface area contributed by atoms with Gasteiger partial charge in [0, 0.05) is 4.91 Å². The lowest BCUT2D eigenvalue weighted by Crippen LogP contribution is -2.45. The number of hydrogen-bond donors (Lipinski definition) is 0. The van der Waals surface area contributed by atoms with E-state index in [1.165, 1.54) is 5.19 Å². The van der Waals surface area contributed by atoms with Crippen molar-refractivity contribution in [2.24, 2.45) is 5.11 Å². The van der Waals surface area contributed by atoms with Gasteiger partial charge in [-0.15, -0.1) is 0 Å². The van der Waals surface area contributed by atoms with E-state index in [9.17, 15) is 0 Å². The summed E-state index contributed by atoms with van der Waals surface area (Å²) in [7, 11) is -1.12. The largest absolute Gasteiger partial charge is 0.0893 e. The highest BCUT2D eigenvalue weighted by molar-refractivity contribution is 6.78. The van der Waals surface area contributed by atoms with Crippen LogP contribution in [0.1, 0.15) is 47.1 Å². The smallest absolute Gasteiger partial charge is 0.0814 e. The van der Waals surface area contributed by atoms with Gasteiger partial charge in [-0.3, -0.25) is 0 Å². The second-order valence-corrected chi connectivity index (χ2v) is 12.3. The first-order valence-electron chi connectivity index (χ1n) is 6.76. The third-order valence-electron chi connectivity index (χ3n) is 3.36. The number of azide groups is 1. The predicted molar refractivity (Wildman–Crippen MR) is 85.5 cm³/mol. The van der Waals surface area contributed by atoms with Gasteiger partial charge in [0.05, 0.1) is 15.3 Å². The van der Waals surface area contributed by atoms with Gasteiger partial charge in [0.1, 0.15) is 0 Å². The van der Waals surface area contributed by atoms with Crippen LogP contribution in [0.4, 0.5) is 0 Å². The van der Waals surface area contributed by atoms with Gasteiger partial charge in [0.2, 0.25) is 0 Å². The maximum absolute atomic E-state index is 8.35. The lowest BCUT2D eigenvalue weighted by Gasteiger charge is -2.39. The Hall–Kier alpha value is -1.25. The van der Waals surface area contributed by atoms with Crippen LogP contribution < -0.4 is 5.19 Å². The summed E-state index contributed by atoms with van der Waals surface area (Å²) in [5, 5.41) is 5.80. The number of rotatable bonds is 3. The summed E-state index contributed by atoms with van der Waals surface area (Å²) in [4.78, 5) is 2.80. The van der Waals surface area contributed by atoms with Crippen molar-refractivity contribution in [1.29, 1.82) is 0 Å². The number of nitrogens with zero attached hydrogens (tertiary/aromatic N) is 3. The molecule has 1 aromatic carbocycles. The molecule has 104 valence electrons. The Morgan fingerprint density at radius 1 is 1.00 bits per heavy atom. The standard InChI is InChI=1S/C15H25N3Si/c1-14(2,3)19(15(4,5)6)13-9-7-12(8-10-13)11-17-18-16/h7-10,19H,11H2,1-6H3. The maximum Gasteiger partial charge on any atom is 0.0814 e. The predicted octanol–water partition coefficient (Wildman–Crippen LogP) is 4.53. The lowest BCUT2D eigenvalue weighted by molar-refractivity contribution is 0.653. The lowest BCUT2D eigenvalue weighted by atomic mass is 10.2. The fourth-order valence-corrected chi connectivity index (χ4v) is 8.40. The van der Waals surface area contributed by atoms with Crippen molar-refractivity contribution < 1.29 is 0 Å². The van der Waals surface area contributed by atoms with E-state index in [4.69, 9.17) is 5.53 Å². The van der Waals surface area contributed by atoms with Gasteiger partial charge in [0.15, 0.2) is 0 Å². The second kappa shape index (κ2) is 5.80. The van der Waals surface area contributed by atoms with Crippen LogP contribution in [0.3, 0.4) is 0 Å². The first-order chi connectivity index (χ1) is 8.66. The first-order valence-corrected chi connectivity index (χ1v) is 8.49. The van der Waals surface area contributed by atoms with Gasteiger partial charge in [0.25, 0.3) is 0 Å². The van der Waals surface area contributed by atoms with Crippen molar-refractivity contribution in [2.45, 2.75) is 58.2 Å². The normalized spacial score (nSPS) is 12.4. The van der Waals surface area contributed by atoms with Gasteiger partial charge < -0.3 is 0 Å². The summed E-state index contributed by atoms with van der Waals surface area (Å²) in [6.07, 6.45) is 0. The molecule has 19 heavy (non-hydrogen) atoms. The summed E-state index contributed by atoms with van der Waals surface area (Å²) in [6.45, 7) is 14.5. The van der Waals surface area contributed by atoms with Gasteiger partial charge >= 0.3 is 0 Å². The molecule has 0 aliphatic heterocycles. The van der Waals surface area contributed by atoms with Gasteiger partial charge in [-0.05, 0) is 21.2 Å². The molecule has 0 N–H and O–H groups in total. The minimum absolute atomic E-state index is 0.352. The van der Waals surface area contributed by atoms with Crippen LogP contribution in [0, 0.1) is 0 Å². The fraction of sp³-hybridized carbons (Fsp3) is 0.600. The molecule has 0 aliphatic rings. The summed E-state index contributed by atoms with van der Waals surface area (Å²) < 4.78 is 0. The average Bonchev–Trinajstić information content (AvgIpc) is 2.24. The van der Waals surface area contributed by atoms with Crippen molar-refractivity contribution >= 4 is 14.0 Å². The molecule has 0 fully saturated rings. The molecule has 0 radical (unpaired) electrons. The van der Waals surface area contributed by atoms with E-state index in [0.717, 1.165) is 5.56 Å². The van der Waals surface area contributed by atoms with E-state index >= 15 is 0 Å². The van der Waals surface area contributed by atoms with E-state index in [0.29, 0.717) is 16.6 Å². The molecule has 1 rings (SSSR count). The van der Waals surface area contributed by atoms with E-state index in [1.807, 2.05) is 0 Å². The Kier molecular flexibility index (Phi) is 4.83. The molecule has 0 atom stereocenters. The van der Waals surface area contributed by atoms with E-state index < -0.39 is 8.80 Å². The highest BCUT2D eigenvalue weighted by Crippen LogP contribution is 2.41. The third-order valence-corrected chi connectivity index (χ3v) is 7.88. The average molecular weight is 275 g/mol. The number of hydrogen-bond acceptors (Lipinski definition) is 1. The zero-order chi connectivity index (χ0) is 14.7. The first kappa shape index (κ1) is 15.8. The number of benzene rings is 1. The van der Waals surface area contributed by atoms with Crippen LogP contribution in [0.15, 0.2) is 29.4 Å². The zero-order valence-corrected chi connectivity index (χ0v) is 14.1. The zero-order valence-electron chi connectivity index (χ0n) is 12.9. The summed E-state index contributed by atoms with van der Waals surface area (Å²) in [5.74, 6) is 0. The quantitative estimate of drug-likeness (QED) is 0.337. The van der Waals surface area contributed by atoms with Crippen LogP contribution in [0.25, 0.3) is 10.4 Å². The van der Waals surface area contributed by atoms with E-state index in [-0.39, 0.29) is 0 Å². The summed E-state index contributed by atoms with van der Waals surface area (Å²) in [6, 6.07) is 8.66. The van der Waals surface area contributed by atoms with Crippen LogP contribution in [-0.4, -0.2) is 8.80 Å². The van der Waals surface area contributed by atoms with E-state index in [1.54, 1.807) is 0 Å². The molecule has 0 bridgehead atoms. The molecule has 0 spiro atoms. The molecular formula is C15H25N3Si. The molecule has 0 amide bonds. The third kappa shape index (κ3) is 4.41. The monoisotopic (exact) mass is 275 g/mol. The molecule has 0 aromatic heterocycles.